The van der Waals surface area contributed by atoms with Crippen LogP contribution in [0.2, 0.25) is 0 Å². The van der Waals surface area contributed by atoms with E-state index in [-0.39, 0.29) is 5.82 Å². The maximum atomic E-state index is 12.8. The Hall–Kier alpha value is -1.88. The van der Waals surface area contributed by atoms with E-state index in [2.05, 4.69) is 10.3 Å². The van der Waals surface area contributed by atoms with E-state index in [1.807, 2.05) is 10.8 Å². The minimum absolute atomic E-state index is 0.218. The molecule has 0 fully saturated rings. The summed E-state index contributed by atoms with van der Waals surface area (Å²) in [4.78, 5) is 4.26. The summed E-state index contributed by atoms with van der Waals surface area (Å²) in [6.45, 7) is 2.22. The van der Waals surface area contributed by atoms with E-state index in [0.717, 1.165) is 31.1 Å². The summed E-state index contributed by atoms with van der Waals surface area (Å²) in [6, 6.07) is 6.45. The van der Waals surface area contributed by atoms with E-state index in [0.29, 0.717) is 6.54 Å². The lowest BCUT2D eigenvalue weighted by molar-refractivity contribution is 0.190. The van der Waals surface area contributed by atoms with Gasteiger partial charge in [0, 0.05) is 39.2 Å². The molecule has 0 spiro atoms. The molecule has 1 heterocycles. The number of anilines is 1. The van der Waals surface area contributed by atoms with Crippen LogP contribution in [0.4, 0.5) is 10.3 Å². The van der Waals surface area contributed by atoms with Gasteiger partial charge in [0.05, 0.1) is 0 Å². The molecular formula is C14H18FN3O. The van der Waals surface area contributed by atoms with E-state index in [4.69, 9.17) is 4.74 Å². The van der Waals surface area contributed by atoms with Crippen LogP contribution in [-0.2, 0) is 17.8 Å². The molecule has 0 saturated heterocycles. The van der Waals surface area contributed by atoms with Gasteiger partial charge in [0.25, 0.3) is 0 Å². The minimum atomic E-state index is -0.218. The van der Waals surface area contributed by atoms with E-state index in [1.165, 1.54) is 12.1 Å². The van der Waals surface area contributed by atoms with Crippen LogP contribution >= 0.6 is 0 Å². The highest BCUT2D eigenvalue weighted by atomic mass is 19.1. The van der Waals surface area contributed by atoms with Crippen LogP contribution in [-0.4, -0.2) is 23.3 Å². The third kappa shape index (κ3) is 4.06. The van der Waals surface area contributed by atoms with E-state index in [9.17, 15) is 4.39 Å². The summed E-state index contributed by atoms with van der Waals surface area (Å²) in [7, 11) is 1.70. The molecule has 102 valence electrons. The fraction of sp³-hybridized carbons (Fsp3) is 0.357. The Bertz CT molecular complexity index is 496. The fourth-order valence-corrected chi connectivity index (χ4v) is 1.82. The maximum absolute atomic E-state index is 12.8. The Morgan fingerprint density at radius 1 is 1.32 bits per heavy atom. The van der Waals surface area contributed by atoms with Gasteiger partial charge >= 0.3 is 0 Å². The van der Waals surface area contributed by atoms with Crippen LogP contribution in [0.3, 0.4) is 0 Å². The van der Waals surface area contributed by atoms with Crippen molar-refractivity contribution in [1.82, 2.24) is 9.55 Å². The molecule has 1 aromatic carbocycles. The van der Waals surface area contributed by atoms with Crippen LogP contribution in [0.15, 0.2) is 36.7 Å². The van der Waals surface area contributed by atoms with Crippen LogP contribution in [0.5, 0.6) is 0 Å². The lowest BCUT2D eigenvalue weighted by Crippen LogP contribution is -2.08. The number of aryl methyl sites for hydroxylation is 1. The third-order valence-corrected chi connectivity index (χ3v) is 2.83. The molecule has 0 bridgehead atoms. The second-order valence-corrected chi connectivity index (χ2v) is 4.27. The number of rotatable bonds is 7. The van der Waals surface area contributed by atoms with Crippen LogP contribution < -0.4 is 5.32 Å². The Morgan fingerprint density at radius 2 is 2.11 bits per heavy atom. The number of nitrogens with zero attached hydrogens (tertiary/aromatic N) is 2. The largest absolute Gasteiger partial charge is 0.385 e. The number of aromatic nitrogens is 2. The van der Waals surface area contributed by atoms with Crippen molar-refractivity contribution in [3.63, 3.8) is 0 Å². The van der Waals surface area contributed by atoms with Crippen molar-refractivity contribution in [3.05, 3.63) is 48.0 Å². The quantitative estimate of drug-likeness (QED) is 0.781. The van der Waals surface area contributed by atoms with Gasteiger partial charge in [-0.05, 0) is 24.1 Å². The highest BCUT2D eigenvalue weighted by Crippen LogP contribution is 2.09. The summed E-state index contributed by atoms with van der Waals surface area (Å²) in [6.07, 6.45) is 4.64. The van der Waals surface area contributed by atoms with Crippen molar-refractivity contribution in [2.24, 2.45) is 0 Å². The van der Waals surface area contributed by atoms with Gasteiger partial charge < -0.3 is 14.6 Å². The van der Waals surface area contributed by atoms with Gasteiger partial charge in [-0.2, -0.15) is 0 Å². The summed E-state index contributed by atoms with van der Waals surface area (Å²) in [5.74, 6) is 0.602. The SMILES string of the molecule is COCCCn1ccnc1NCc1ccc(F)cc1. The molecule has 4 nitrogen and oxygen atoms in total. The summed E-state index contributed by atoms with van der Waals surface area (Å²) in [5.41, 5.74) is 1.02. The van der Waals surface area contributed by atoms with Crippen molar-refractivity contribution in [2.75, 3.05) is 19.0 Å². The number of hydrogen-bond donors (Lipinski definition) is 1. The van der Waals surface area contributed by atoms with Gasteiger partial charge in [0.1, 0.15) is 5.82 Å². The van der Waals surface area contributed by atoms with E-state index >= 15 is 0 Å². The Labute approximate surface area is 112 Å². The molecule has 0 radical (unpaired) electrons. The highest BCUT2D eigenvalue weighted by Gasteiger charge is 2.02. The van der Waals surface area contributed by atoms with E-state index < -0.39 is 0 Å². The predicted molar refractivity (Wildman–Crippen MR) is 72.4 cm³/mol. The normalized spacial score (nSPS) is 10.6. The topological polar surface area (TPSA) is 39.1 Å². The van der Waals surface area contributed by atoms with Crippen LogP contribution in [0.1, 0.15) is 12.0 Å². The minimum Gasteiger partial charge on any atom is -0.385 e. The van der Waals surface area contributed by atoms with Crippen molar-refractivity contribution in [3.8, 4) is 0 Å². The summed E-state index contributed by atoms with van der Waals surface area (Å²) < 4.78 is 19.9. The average Bonchev–Trinajstić information content (AvgIpc) is 2.86. The van der Waals surface area contributed by atoms with Crippen LogP contribution in [0.25, 0.3) is 0 Å². The van der Waals surface area contributed by atoms with Crippen molar-refractivity contribution >= 4 is 5.95 Å². The zero-order valence-corrected chi connectivity index (χ0v) is 11.0. The monoisotopic (exact) mass is 263 g/mol. The molecule has 0 atom stereocenters. The highest BCUT2D eigenvalue weighted by molar-refractivity contribution is 5.29. The number of methoxy groups -OCH3 is 1. The van der Waals surface area contributed by atoms with Gasteiger partial charge in [-0.3, -0.25) is 0 Å². The smallest absolute Gasteiger partial charge is 0.203 e. The number of imidazole rings is 1. The van der Waals surface area contributed by atoms with Gasteiger partial charge in [0.15, 0.2) is 0 Å². The van der Waals surface area contributed by atoms with Crippen molar-refractivity contribution in [1.29, 1.82) is 0 Å². The van der Waals surface area contributed by atoms with E-state index in [1.54, 1.807) is 25.4 Å². The Kier molecular flexibility index (Phi) is 4.92. The Balaban J connectivity index is 1.88. The standard InChI is InChI=1S/C14H18FN3O/c1-19-10-2-8-18-9-7-16-14(18)17-11-12-3-5-13(15)6-4-12/h3-7,9H,2,8,10-11H2,1H3,(H,16,17). The number of hydrogen-bond acceptors (Lipinski definition) is 3. The molecule has 0 amide bonds. The molecule has 19 heavy (non-hydrogen) atoms. The van der Waals surface area contributed by atoms with Crippen molar-refractivity contribution < 1.29 is 9.13 Å². The molecule has 5 heteroatoms. The van der Waals surface area contributed by atoms with Gasteiger partial charge in [-0.25, -0.2) is 9.37 Å². The molecule has 2 aromatic rings. The van der Waals surface area contributed by atoms with Crippen LogP contribution in [0, 0.1) is 5.82 Å². The molecule has 0 aliphatic heterocycles. The molecular weight excluding hydrogens is 245 g/mol. The summed E-state index contributed by atoms with van der Waals surface area (Å²) in [5, 5.41) is 3.24. The number of ether oxygens (including phenoxy) is 1. The Morgan fingerprint density at radius 3 is 2.84 bits per heavy atom. The van der Waals surface area contributed by atoms with Gasteiger partial charge in [0.2, 0.25) is 5.95 Å². The predicted octanol–water partition coefficient (Wildman–Crippen LogP) is 2.67. The first-order chi connectivity index (χ1) is 9.29. The maximum Gasteiger partial charge on any atom is 0.203 e. The number of nitrogens with one attached hydrogen (secondary N) is 1. The van der Waals surface area contributed by atoms with Crippen molar-refractivity contribution in [2.45, 2.75) is 19.5 Å². The lowest BCUT2D eigenvalue weighted by Gasteiger charge is -2.09. The number of benzene rings is 1. The molecule has 0 unspecified atom stereocenters. The first-order valence-electron chi connectivity index (χ1n) is 6.28. The molecule has 1 aromatic heterocycles. The van der Waals surface area contributed by atoms with Gasteiger partial charge in [-0.15, -0.1) is 0 Å². The van der Waals surface area contributed by atoms with Gasteiger partial charge in [-0.1, -0.05) is 12.1 Å². The zero-order valence-electron chi connectivity index (χ0n) is 11.0. The first kappa shape index (κ1) is 13.5. The second kappa shape index (κ2) is 6.89. The average molecular weight is 263 g/mol. The molecule has 0 saturated carbocycles. The third-order valence-electron chi connectivity index (χ3n) is 2.83. The zero-order chi connectivity index (χ0) is 13.5. The lowest BCUT2D eigenvalue weighted by atomic mass is 10.2. The second-order valence-electron chi connectivity index (χ2n) is 4.27. The fourth-order valence-electron chi connectivity index (χ4n) is 1.82. The summed E-state index contributed by atoms with van der Waals surface area (Å²) >= 11 is 0. The molecule has 2 rings (SSSR count). The molecule has 1 N–H and O–H groups in total. The first-order valence-corrected chi connectivity index (χ1v) is 6.28. The molecule has 0 aliphatic rings. The number of halogens is 1. The molecule has 0 aliphatic carbocycles.